The van der Waals surface area contributed by atoms with E-state index in [9.17, 15) is 0 Å². The monoisotopic (exact) mass is 248 g/mol. The van der Waals surface area contributed by atoms with Crippen LogP contribution >= 0.6 is 58.0 Å². The van der Waals surface area contributed by atoms with Crippen molar-refractivity contribution >= 4 is 58.0 Å². The first-order chi connectivity index (χ1) is 4.95. The van der Waals surface area contributed by atoms with Gasteiger partial charge >= 0.3 is 0 Å². The second-order valence-electron chi connectivity index (χ2n) is 1.90. The number of rotatable bonds is 0. The van der Waals surface area contributed by atoms with Crippen LogP contribution in [0.5, 0.6) is 0 Å². The third-order valence-electron chi connectivity index (χ3n) is 1.09. The fraction of sp³-hybridized carbons (Fsp3) is 0.333. The Morgan fingerprint density at radius 1 is 1.27 bits per heavy atom. The van der Waals surface area contributed by atoms with Gasteiger partial charge in [0.05, 0.1) is 5.03 Å². The van der Waals surface area contributed by atoms with E-state index >= 15 is 0 Å². The molecule has 0 heterocycles. The topological polar surface area (TPSA) is 0 Å². The van der Waals surface area contributed by atoms with Crippen LogP contribution < -0.4 is 0 Å². The van der Waals surface area contributed by atoms with E-state index in [2.05, 4.69) is 11.8 Å². The molecule has 0 radical (unpaired) electrons. The van der Waals surface area contributed by atoms with Gasteiger partial charge in [-0.05, 0) is 0 Å². The lowest BCUT2D eigenvalue weighted by molar-refractivity contribution is 0.988. The Labute approximate surface area is 89.4 Å². The third-order valence-corrected chi connectivity index (χ3v) is 3.40. The van der Waals surface area contributed by atoms with Gasteiger partial charge in [-0.2, -0.15) is 0 Å². The molecule has 0 aromatic heterocycles. The normalized spacial score (nSPS) is 27.9. The molecule has 0 N–H and O–H groups in total. The molecule has 0 bridgehead atoms. The Hall–Kier alpha value is 0.750. The molecule has 5 heteroatoms. The van der Waals surface area contributed by atoms with Crippen molar-refractivity contribution in [2.45, 2.75) is 9.71 Å². The van der Waals surface area contributed by atoms with Gasteiger partial charge in [-0.3, -0.25) is 0 Å². The molecule has 1 rings (SSSR count). The average molecular weight is 250 g/mol. The Balaban J connectivity index is 3.08. The maximum atomic E-state index is 5.71. The fourth-order valence-electron chi connectivity index (χ4n) is 0.532. The Kier molecular flexibility index (Phi) is 2.90. The number of hydrogen-bond donors (Lipinski definition) is 0. The van der Waals surface area contributed by atoms with Gasteiger partial charge in [0.15, 0.2) is 4.33 Å². The summed E-state index contributed by atoms with van der Waals surface area (Å²) in [5, 5.41) is -0.373. The van der Waals surface area contributed by atoms with E-state index in [-0.39, 0.29) is 10.1 Å². The van der Waals surface area contributed by atoms with Gasteiger partial charge in [0.25, 0.3) is 0 Å². The minimum absolute atomic E-state index is 0.192. The van der Waals surface area contributed by atoms with Gasteiger partial charge in [0.2, 0.25) is 0 Å². The van der Waals surface area contributed by atoms with Crippen molar-refractivity contribution in [2.24, 2.45) is 0 Å². The molecule has 0 nitrogen and oxygen atoms in total. The van der Waals surface area contributed by atoms with E-state index in [4.69, 9.17) is 58.0 Å². The quantitative estimate of drug-likeness (QED) is 0.456. The lowest BCUT2D eigenvalue weighted by Gasteiger charge is -2.21. The van der Waals surface area contributed by atoms with Crippen molar-refractivity contribution in [3.63, 3.8) is 0 Å². The lowest BCUT2D eigenvalue weighted by atomic mass is 10.2. The predicted octanol–water partition coefficient (Wildman–Crippen LogP) is 3.47. The highest BCUT2D eigenvalue weighted by Gasteiger charge is 2.37. The van der Waals surface area contributed by atoms with Gasteiger partial charge in [-0.15, -0.1) is 11.6 Å². The summed E-state index contributed by atoms with van der Waals surface area (Å²) in [6.07, 6.45) is 0. The highest BCUT2D eigenvalue weighted by atomic mass is 35.5. The molecule has 0 saturated carbocycles. The van der Waals surface area contributed by atoms with Crippen LogP contribution in [0.15, 0.2) is 10.1 Å². The van der Waals surface area contributed by atoms with Crippen LogP contribution in [0.4, 0.5) is 0 Å². The van der Waals surface area contributed by atoms with Crippen LogP contribution in [-0.4, -0.2) is 9.71 Å². The second kappa shape index (κ2) is 3.24. The molecule has 0 saturated heterocycles. The molecule has 0 amide bonds. The minimum Gasteiger partial charge on any atom is -0.112 e. The third kappa shape index (κ3) is 1.91. The smallest absolute Gasteiger partial charge is 0.112 e. The minimum atomic E-state index is -1.34. The fourth-order valence-corrected chi connectivity index (χ4v) is 1.54. The SMILES string of the molecule is ClC1=C(Cl)C(Cl)C(Cl)(Cl)C#C1. The molecule has 1 unspecified atom stereocenters. The maximum Gasteiger partial charge on any atom is 0.199 e. The Bertz CT molecular complexity index is 266. The summed E-state index contributed by atoms with van der Waals surface area (Å²) in [5.41, 5.74) is 0. The number of hydrogen-bond acceptors (Lipinski definition) is 0. The number of halogens is 5. The van der Waals surface area contributed by atoms with Gasteiger partial charge < -0.3 is 0 Å². The highest BCUT2D eigenvalue weighted by Crippen LogP contribution is 2.39. The molecular weight excluding hydrogens is 249 g/mol. The first-order valence-corrected chi connectivity index (χ1v) is 4.50. The molecular formula is C6HCl5. The summed E-state index contributed by atoms with van der Waals surface area (Å²) < 4.78 is -1.34. The highest BCUT2D eigenvalue weighted by molar-refractivity contribution is 6.58. The van der Waals surface area contributed by atoms with E-state index in [1.807, 2.05) is 0 Å². The Morgan fingerprint density at radius 2 is 1.82 bits per heavy atom. The van der Waals surface area contributed by atoms with Gasteiger partial charge in [-0.25, -0.2) is 0 Å². The van der Waals surface area contributed by atoms with Crippen LogP contribution in [-0.2, 0) is 0 Å². The van der Waals surface area contributed by atoms with E-state index < -0.39 is 9.71 Å². The average Bonchev–Trinajstić information content (AvgIpc) is 1.95. The molecule has 0 aliphatic heterocycles. The van der Waals surface area contributed by atoms with Gasteiger partial charge in [-0.1, -0.05) is 58.2 Å². The summed E-state index contributed by atoms with van der Waals surface area (Å²) in [7, 11) is 0. The maximum absolute atomic E-state index is 5.71. The number of allylic oxidation sites excluding steroid dienone is 2. The van der Waals surface area contributed by atoms with E-state index in [0.29, 0.717) is 0 Å². The molecule has 60 valence electrons. The van der Waals surface area contributed by atoms with Crippen molar-refractivity contribution in [3.8, 4) is 11.8 Å². The predicted molar refractivity (Wildman–Crippen MR) is 50.6 cm³/mol. The van der Waals surface area contributed by atoms with E-state index in [1.54, 1.807) is 0 Å². The summed E-state index contributed by atoms with van der Waals surface area (Å²) in [5.74, 6) is 4.93. The molecule has 11 heavy (non-hydrogen) atoms. The standard InChI is InChI=1S/C6HCl5/c7-3-1-2-6(10,11)5(9)4(3)8/h5H. The second-order valence-corrected chi connectivity index (χ2v) is 4.50. The van der Waals surface area contributed by atoms with Crippen LogP contribution in [0.3, 0.4) is 0 Å². The largest absolute Gasteiger partial charge is 0.199 e. The van der Waals surface area contributed by atoms with Crippen LogP contribution in [0.25, 0.3) is 0 Å². The van der Waals surface area contributed by atoms with Crippen molar-refractivity contribution in [2.75, 3.05) is 0 Å². The summed E-state index contributed by atoms with van der Waals surface area (Å²) >= 11 is 28.3. The summed E-state index contributed by atoms with van der Waals surface area (Å²) in [6, 6.07) is 0. The zero-order valence-corrected chi connectivity index (χ0v) is 8.75. The molecule has 1 atom stereocenters. The van der Waals surface area contributed by atoms with E-state index in [0.717, 1.165) is 0 Å². The first-order valence-electron chi connectivity index (χ1n) is 2.55. The van der Waals surface area contributed by atoms with Crippen LogP contribution in [0.2, 0.25) is 0 Å². The zero-order chi connectivity index (χ0) is 8.65. The summed E-state index contributed by atoms with van der Waals surface area (Å²) in [4.78, 5) is 0. The molecule has 0 aromatic rings. The van der Waals surface area contributed by atoms with Crippen molar-refractivity contribution in [1.29, 1.82) is 0 Å². The van der Waals surface area contributed by atoms with Crippen LogP contribution in [0, 0.1) is 11.8 Å². The first kappa shape index (κ1) is 9.84. The van der Waals surface area contributed by atoms with Gasteiger partial charge in [0, 0.05) is 0 Å². The molecule has 1 aliphatic rings. The van der Waals surface area contributed by atoms with Crippen molar-refractivity contribution in [3.05, 3.63) is 10.1 Å². The van der Waals surface area contributed by atoms with Crippen molar-refractivity contribution in [1.82, 2.24) is 0 Å². The zero-order valence-electron chi connectivity index (χ0n) is 4.97. The van der Waals surface area contributed by atoms with Gasteiger partial charge in [0.1, 0.15) is 10.4 Å². The number of alkyl halides is 3. The molecule has 0 aromatic carbocycles. The molecule has 1 aliphatic carbocycles. The van der Waals surface area contributed by atoms with Crippen LogP contribution in [0.1, 0.15) is 0 Å². The molecule has 0 fully saturated rings. The van der Waals surface area contributed by atoms with Crippen molar-refractivity contribution < 1.29 is 0 Å². The van der Waals surface area contributed by atoms with E-state index in [1.165, 1.54) is 0 Å². The lowest BCUT2D eigenvalue weighted by Crippen LogP contribution is -2.27. The molecule has 0 spiro atoms. The Morgan fingerprint density at radius 3 is 2.27 bits per heavy atom. The summed E-state index contributed by atoms with van der Waals surface area (Å²) in [6.45, 7) is 0.